The van der Waals surface area contributed by atoms with Crippen LogP contribution in [0.4, 0.5) is 0 Å². The van der Waals surface area contributed by atoms with Gasteiger partial charge in [-0.05, 0) is 5.92 Å². The van der Waals surface area contributed by atoms with Crippen molar-refractivity contribution < 1.29 is 22.7 Å². The van der Waals surface area contributed by atoms with Crippen LogP contribution in [-0.2, 0) is 24.5 Å². The summed E-state index contributed by atoms with van der Waals surface area (Å²) in [5.41, 5.74) is 0. The highest BCUT2D eigenvalue weighted by atomic mass is 32.2. The maximum Gasteiger partial charge on any atom is 0.324 e. The van der Waals surface area contributed by atoms with Gasteiger partial charge in [-0.2, -0.15) is 17.9 Å². The number of ether oxygens (including phenoxy) is 2. The van der Waals surface area contributed by atoms with Crippen molar-refractivity contribution in [1.29, 1.82) is 0 Å². The molecular formula is C9H20N2O5S. The van der Waals surface area contributed by atoms with Crippen LogP contribution >= 0.6 is 0 Å². The van der Waals surface area contributed by atoms with Gasteiger partial charge in [-0.1, -0.05) is 13.8 Å². The lowest BCUT2D eigenvalue weighted by Crippen LogP contribution is -2.49. The fourth-order valence-corrected chi connectivity index (χ4v) is 2.21. The van der Waals surface area contributed by atoms with Crippen molar-refractivity contribution in [3.05, 3.63) is 0 Å². The van der Waals surface area contributed by atoms with E-state index in [0.717, 1.165) is 0 Å². The molecule has 0 spiro atoms. The van der Waals surface area contributed by atoms with Crippen LogP contribution < -0.4 is 9.44 Å². The third-order valence-corrected chi connectivity index (χ3v) is 3.15. The minimum atomic E-state index is -3.73. The Morgan fingerprint density at radius 1 is 1.29 bits per heavy atom. The molecule has 0 radical (unpaired) electrons. The summed E-state index contributed by atoms with van der Waals surface area (Å²) in [7, 11) is -1.06. The van der Waals surface area contributed by atoms with Gasteiger partial charge in [0.1, 0.15) is 6.04 Å². The highest BCUT2D eigenvalue weighted by Gasteiger charge is 2.27. The second-order valence-electron chi connectivity index (χ2n) is 3.75. The Morgan fingerprint density at radius 2 is 1.88 bits per heavy atom. The highest BCUT2D eigenvalue weighted by Crippen LogP contribution is 2.04. The predicted molar refractivity (Wildman–Crippen MR) is 62.6 cm³/mol. The van der Waals surface area contributed by atoms with Gasteiger partial charge in [0, 0.05) is 13.7 Å². The van der Waals surface area contributed by atoms with Gasteiger partial charge in [-0.15, -0.1) is 0 Å². The van der Waals surface area contributed by atoms with Gasteiger partial charge < -0.3 is 9.47 Å². The summed E-state index contributed by atoms with van der Waals surface area (Å²) >= 11 is 0. The monoisotopic (exact) mass is 268 g/mol. The van der Waals surface area contributed by atoms with Gasteiger partial charge in [-0.25, -0.2) is 0 Å². The first kappa shape index (κ1) is 16.3. The van der Waals surface area contributed by atoms with E-state index in [2.05, 4.69) is 14.2 Å². The van der Waals surface area contributed by atoms with Crippen LogP contribution in [0.25, 0.3) is 0 Å². The standard InChI is InChI=1S/C9H20N2O5S/c1-7(2)8(9(12)16-4)11-17(13,14)10-5-6-15-3/h7-8,10-11H,5-6H2,1-4H3. The molecule has 1 unspecified atom stereocenters. The van der Waals surface area contributed by atoms with Crippen molar-refractivity contribution in [2.75, 3.05) is 27.4 Å². The van der Waals surface area contributed by atoms with Gasteiger partial charge in [0.05, 0.1) is 13.7 Å². The molecule has 0 saturated heterocycles. The number of carbonyl (C=O) groups excluding carboxylic acids is 1. The summed E-state index contributed by atoms with van der Waals surface area (Å²) in [4.78, 5) is 11.4. The maximum atomic E-state index is 11.6. The third kappa shape index (κ3) is 6.57. The van der Waals surface area contributed by atoms with E-state index in [1.54, 1.807) is 13.8 Å². The van der Waals surface area contributed by atoms with Crippen LogP contribution in [0.3, 0.4) is 0 Å². The molecule has 8 heteroatoms. The molecule has 7 nitrogen and oxygen atoms in total. The minimum Gasteiger partial charge on any atom is -0.468 e. The van der Waals surface area contributed by atoms with Crippen LogP contribution in [0, 0.1) is 5.92 Å². The molecule has 2 N–H and O–H groups in total. The first-order valence-electron chi connectivity index (χ1n) is 5.17. The molecule has 0 fully saturated rings. The fourth-order valence-electron chi connectivity index (χ4n) is 1.07. The summed E-state index contributed by atoms with van der Waals surface area (Å²) < 4.78 is 36.8. The second kappa shape index (κ2) is 7.59. The van der Waals surface area contributed by atoms with E-state index in [-0.39, 0.29) is 19.1 Å². The van der Waals surface area contributed by atoms with Gasteiger partial charge >= 0.3 is 5.97 Å². The number of rotatable bonds is 8. The number of esters is 1. The molecular weight excluding hydrogens is 248 g/mol. The van der Waals surface area contributed by atoms with Crippen molar-refractivity contribution in [3.8, 4) is 0 Å². The SMILES string of the molecule is COCCNS(=O)(=O)NC(C(=O)OC)C(C)C. The lowest BCUT2D eigenvalue weighted by Gasteiger charge is -2.19. The van der Waals surface area contributed by atoms with Gasteiger partial charge in [-0.3, -0.25) is 4.79 Å². The highest BCUT2D eigenvalue weighted by molar-refractivity contribution is 7.87. The second-order valence-corrected chi connectivity index (χ2v) is 5.28. The molecule has 0 rings (SSSR count). The van der Waals surface area contributed by atoms with Crippen molar-refractivity contribution >= 4 is 16.2 Å². The summed E-state index contributed by atoms with van der Waals surface area (Å²) in [6.45, 7) is 3.84. The normalized spacial score (nSPS) is 13.7. The Labute approximate surface area is 102 Å². The Balaban J connectivity index is 4.48. The molecule has 0 bridgehead atoms. The van der Waals surface area contributed by atoms with E-state index in [0.29, 0.717) is 0 Å². The van der Waals surface area contributed by atoms with Crippen molar-refractivity contribution in [1.82, 2.24) is 9.44 Å². The minimum absolute atomic E-state index is 0.137. The molecule has 0 amide bonds. The van der Waals surface area contributed by atoms with Crippen LogP contribution in [-0.4, -0.2) is 47.8 Å². The Morgan fingerprint density at radius 3 is 2.29 bits per heavy atom. The maximum absolute atomic E-state index is 11.6. The molecule has 0 aliphatic rings. The third-order valence-electron chi connectivity index (χ3n) is 2.00. The summed E-state index contributed by atoms with van der Waals surface area (Å²) in [6, 6.07) is -0.903. The van der Waals surface area contributed by atoms with Crippen LogP contribution in [0.15, 0.2) is 0 Å². The molecule has 102 valence electrons. The van der Waals surface area contributed by atoms with Crippen molar-refractivity contribution in [2.45, 2.75) is 19.9 Å². The quantitative estimate of drug-likeness (QED) is 0.446. The van der Waals surface area contributed by atoms with Crippen LogP contribution in [0.5, 0.6) is 0 Å². The van der Waals surface area contributed by atoms with E-state index in [1.807, 2.05) is 0 Å². The first-order chi connectivity index (χ1) is 7.84. The van der Waals surface area contributed by atoms with Gasteiger partial charge in [0.15, 0.2) is 0 Å². The molecule has 0 aliphatic carbocycles. The van der Waals surface area contributed by atoms with Crippen LogP contribution in [0.2, 0.25) is 0 Å². The summed E-state index contributed by atoms with van der Waals surface area (Å²) in [5, 5.41) is 0. The Hall–Kier alpha value is -0.700. The molecule has 0 aliphatic heterocycles. The zero-order chi connectivity index (χ0) is 13.5. The van der Waals surface area contributed by atoms with Crippen LogP contribution in [0.1, 0.15) is 13.8 Å². The summed E-state index contributed by atoms with van der Waals surface area (Å²) in [5.74, 6) is -0.821. The van der Waals surface area contributed by atoms with Crippen molar-refractivity contribution in [3.63, 3.8) is 0 Å². The van der Waals surface area contributed by atoms with E-state index < -0.39 is 22.2 Å². The number of hydrogen-bond acceptors (Lipinski definition) is 5. The Kier molecular flexibility index (Phi) is 7.28. The summed E-state index contributed by atoms with van der Waals surface area (Å²) in [6.07, 6.45) is 0. The largest absolute Gasteiger partial charge is 0.468 e. The Bertz CT molecular complexity index is 328. The number of hydrogen-bond donors (Lipinski definition) is 2. The number of carbonyl (C=O) groups is 1. The first-order valence-corrected chi connectivity index (χ1v) is 6.66. The van der Waals surface area contributed by atoms with E-state index >= 15 is 0 Å². The predicted octanol–water partition coefficient (Wildman–Crippen LogP) is -0.746. The molecule has 17 heavy (non-hydrogen) atoms. The molecule has 0 aromatic rings. The van der Waals surface area contributed by atoms with Gasteiger partial charge in [0.25, 0.3) is 10.2 Å². The molecule has 0 aromatic heterocycles. The molecule has 0 aromatic carbocycles. The van der Waals surface area contributed by atoms with E-state index in [9.17, 15) is 13.2 Å². The topological polar surface area (TPSA) is 93.7 Å². The van der Waals surface area contributed by atoms with E-state index in [1.165, 1.54) is 14.2 Å². The van der Waals surface area contributed by atoms with E-state index in [4.69, 9.17) is 4.74 Å². The van der Waals surface area contributed by atoms with Gasteiger partial charge in [0.2, 0.25) is 0 Å². The zero-order valence-corrected chi connectivity index (χ0v) is 11.3. The number of methoxy groups -OCH3 is 2. The molecule has 1 atom stereocenters. The fraction of sp³-hybridized carbons (Fsp3) is 0.889. The zero-order valence-electron chi connectivity index (χ0n) is 10.5. The van der Waals surface area contributed by atoms with Crippen molar-refractivity contribution in [2.24, 2.45) is 5.92 Å². The number of nitrogens with one attached hydrogen (secondary N) is 2. The lowest BCUT2D eigenvalue weighted by molar-refractivity contribution is -0.143. The smallest absolute Gasteiger partial charge is 0.324 e. The average molecular weight is 268 g/mol. The molecule has 0 saturated carbocycles. The average Bonchev–Trinajstić information content (AvgIpc) is 2.25. The molecule has 0 heterocycles. The lowest BCUT2D eigenvalue weighted by atomic mass is 10.1.